The van der Waals surface area contributed by atoms with Gasteiger partial charge in [0, 0.05) is 17.0 Å². The summed E-state index contributed by atoms with van der Waals surface area (Å²) in [6.45, 7) is 4.00. The Bertz CT molecular complexity index is 614. The summed E-state index contributed by atoms with van der Waals surface area (Å²) in [6.07, 6.45) is 7.86. The van der Waals surface area contributed by atoms with Crippen LogP contribution < -0.4 is 0 Å². The summed E-state index contributed by atoms with van der Waals surface area (Å²) in [4.78, 5) is 4.59. The Morgan fingerprint density at radius 1 is 1.12 bits per heavy atom. The van der Waals surface area contributed by atoms with Crippen molar-refractivity contribution in [2.24, 2.45) is 0 Å². The Hall–Kier alpha value is -2.11. The number of para-hydroxylation sites is 1. The minimum Gasteiger partial charge on any atom is -0.247 e. The van der Waals surface area contributed by atoms with Gasteiger partial charge in [0.1, 0.15) is 0 Å². The SMILES string of the molecule is C1=CC=Cc2cc3ccccc3nc2C=1.CC. The summed E-state index contributed by atoms with van der Waals surface area (Å²) < 4.78 is 0. The second-order valence-electron chi connectivity index (χ2n) is 3.49. The summed E-state index contributed by atoms with van der Waals surface area (Å²) in [5.74, 6) is 0. The average molecular weight is 221 g/mol. The number of pyridine rings is 1. The minimum atomic E-state index is 0.985. The predicted molar refractivity (Wildman–Crippen MR) is 74.7 cm³/mol. The Morgan fingerprint density at radius 3 is 2.82 bits per heavy atom. The van der Waals surface area contributed by atoms with Crippen molar-refractivity contribution in [1.29, 1.82) is 0 Å². The van der Waals surface area contributed by atoms with Crippen LogP contribution in [0, 0.1) is 0 Å². The minimum absolute atomic E-state index is 0.985. The molecule has 1 aliphatic carbocycles. The molecule has 0 aliphatic heterocycles. The Balaban J connectivity index is 0.000000514. The fourth-order valence-electron chi connectivity index (χ4n) is 1.73. The summed E-state index contributed by atoms with van der Waals surface area (Å²) >= 11 is 0. The summed E-state index contributed by atoms with van der Waals surface area (Å²) in [7, 11) is 0. The van der Waals surface area contributed by atoms with E-state index in [1.165, 1.54) is 5.39 Å². The van der Waals surface area contributed by atoms with E-state index in [-0.39, 0.29) is 0 Å². The first-order chi connectivity index (χ1) is 8.43. The molecular weight excluding hydrogens is 206 g/mol. The van der Waals surface area contributed by atoms with Crippen LogP contribution in [0.15, 0.2) is 48.2 Å². The molecule has 2 aromatic rings. The Labute approximate surface area is 102 Å². The molecule has 0 amide bonds. The van der Waals surface area contributed by atoms with Gasteiger partial charge in [-0.25, -0.2) is 4.98 Å². The highest BCUT2D eigenvalue weighted by Crippen LogP contribution is 2.19. The number of hydrogen-bond donors (Lipinski definition) is 0. The van der Waals surface area contributed by atoms with Gasteiger partial charge in [-0.2, -0.15) is 0 Å². The molecule has 1 heterocycles. The second-order valence-corrected chi connectivity index (χ2v) is 3.49. The predicted octanol–water partition coefficient (Wildman–Crippen LogP) is 4.46. The van der Waals surface area contributed by atoms with Gasteiger partial charge in [-0.1, -0.05) is 44.2 Å². The van der Waals surface area contributed by atoms with Crippen molar-refractivity contribution in [3.8, 4) is 0 Å². The molecule has 1 aromatic heterocycles. The maximum atomic E-state index is 4.59. The van der Waals surface area contributed by atoms with Crippen LogP contribution >= 0.6 is 0 Å². The van der Waals surface area contributed by atoms with Gasteiger partial charge in [-0.15, -0.1) is 5.73 Å². The van der Waals surface area contributed by atoms with E-state index in [0.717, 1.165) is 16.8 Å². The lowest BCUT2D eigenvalue weighted by Crippen LogP contribution is -1.87. The van der Waals surface area contributed by atoms with E-state index < -0.39 is 0 Å². The number of hydrogen-bond acceptors (Lipinski definition) is 1. The molecule has 0 saturated carbocycles. The molecule has 1 aliphatic rings. The zero-order chi connectivity index (χ0) is 12.1. The average Bonchev–Trinajstić information content (AvgIpc) is 2.63. The van der Waals surface area contributed by atoms with Crippen molar-refractivity contribution in [3.63, 3.8) is 0 Å². The third-order valence-electron chi connectivity index (χ3n) is 2.47. The lowest BCUT2D eigenvalue weighted by Gasteiger charge is -2.02. The maximum Gasteiger partial charge on any atom is 0.0786 e. The van der Waals surface area contributed by atoms with E-state index in [1.54, 1.807) is 0 Å². The maximum absolute atomic E-state index is 4.59. The first kappa shape index (κ1) is 11.4. The molecule has 0 atom stereocenters. The van der Waals surface area contributed by atoms with E-state index in [0.29, 0.717) is 0 Å². The monoisotopic (exact) mass is 221 g/mol. The first-order valence-electron chi connectivity index (χ1n) is 5.92. The number of aromatic nitrogens is 1. The van der Waals surface area contributed by atoms with Crippen molar-refractivity contribution in [3.05, 3.63) is 59.5 Å². The zero-order valence-corrected chi connectivity index (χ0v) is 10.1. The topological polar surface area (TPSA) is 12.9 Å². The lowest BCUT2D eigenvalue weighted by atomic mass is 10.1. The molecule has 1 nitrogen and oxygen atoms in total. The van der Waals surface area contributed by atoms with Gasteiger partial charge in [0.05, 0.1) is 11.2 Å². The zero-order valence-electron chi connectivity index (χ0n) is 10.1. The van der Waals surface area contributed by atoms with Crippen LogP contribution in [-0.4, -0.2) is 4.98 Å². The molecule has 84 valence electrons. The number of fused-ring (bicyclic) bond motifs is 2. The van der Waals surface area contributed by atoms with Gasteiger partial charge in [0.2, 0.25) is 0 Å². The van der Waals surface area contributed by atoms with E-state index >= 15 is 0 Å². The van der Waals surface area contributed by atoms with Crippen LogP contribution in [0.1, 0.15) is 25.1 Å². The normalized spacial score (nSPS) is 11.6. The highest BCUT2D eigenvalue weighted by Gasteiger charge is 2.02. The van der Waals surface area contributed by atoms with Crippen molar-refractivity contribution in [2.75, 3.05) is 0 Å². The van der Waals surface area contributed by atoms with Crippen LogP contribution in [0.25, 0.3) is 23.1 Å². The molecule has 0 spiro atoms. The summed E-state index contributed by atoms with van der Waals surface area (Å²) in [5.41, 5.74) is 6.23. The molecule has 3 rings (SSSR count). The van der Waals surface area contributed by atoms with Crippen LogP contribution in [0.2, 0.25) is 0 Å². The van der Waals surface area contributed by atoms with E-state index in [4.69, 9.17) is 0 Å². The molecule has 0 unspecified atom stereocenters. The molecule has 1 aromatic carbocycles. The van der Waals surface area contributed by atoms with Gasteiger partial charge in [0.25, 0.3) is 0 Å². The third kappa shape index (κ3) is 2.35. The number of rotatable bonds is 0. The molecule has 0 fully saturated rings. The Kier molecular flexibility index (Phi) is 3.54. The smallest absolute Gasteiger partial charge is 0.0786 e. The van der Waals surface area contributed by atoms with Gasteiger partial charge in [-0.05, 0) is 18.2 Å². The van der Waals surface area contributed by atoms with Crippen molar-refractivity contribution in [2.45, 2.75) is 13.8 Å². The van der Waals surface area contributed by atoms with E-state index in [2.05, 4.69) is 28.9 Å². The van der Waals surface area contributed by atoms with Crippen LogP contribution in [0.5, 0.6) is 0 Å². The largest absolute Gasteiger partial charge is 0.247 e. The number of benzene rings is 1. The van der Waals surface area contributed by atoms with Crippen molar-refractivity contribution in [1.82, 2.24) is 4.98 Å². The molecule has 0 N–H and O–H groups in total. The van der Waals surface area contributed by atoms with Gasteiger partial charge in [-0.3, -0.25) is 0 Å². The van der Waals surface area contributed by atoms with E-state index in [1.807, 2.05) is 50.3 Å². The summed E-state index contributed by atoms with van der Waals surface area (Å²) in [5, 5.41) is 1.18. The first-order valence-corrected chi connectivity index (χ1v) is 5.92. The third-order valence-corrected chi connectivity index (χ3v) is 2.47. The van der Waals surface area contributed by atoms with Crippen LogP contribution in [0.4, 0.5) is 0 Å². The number of allylic oxidation sites excluding steroid dienone is 2. The molecule has 0 bridgehead atoms. The van der Waals surface area contributed by atoms with Crippen molar-refractivity contribution < 1.29 is 0 Å². The van der Waals surface area contributed by atoms with Crippen LogP contribution in [-0.2, 0) is 0 Å². The summed E-state index contributed by atoms with van der Waals surface area (Å²) in [6, 6.07) is 10.3. The van der Waals surface area contributed by atoms with Gasteiger partial charge in [0.15, 0.2) is 0 Å². The van der Waals surface area contributed by atoms with Gasteiger partial charge < -0.3 is 0 Å². The number of nitrogens with zero attached hydrogens (tertiary/aromatic N) is 1. The van der Waals surface area contributed by atoms with Crippen molar-refractivity contribution >= 4 is 23.1 Å². The molecule has 1 heteroatoms. The van der Waals surface area contributed by atoms with E-state index in [9.17, 15) is 0 Å². The fourth-order valence-corrected chi connectivity index (χ4v) is 1.73. The standard InChI is InChI=1S/C14H9N.C2H6/c1-2-6-11-10-12-7-4-5-9-14(12)15-13(11)8-3-1;1-2/h1-2,4-10H;1-2H3. The second kappa shape index (κ2) is 5.29. The highest BCUT2D eigenvalue weighted by atomic mass is 14.7. The van der Waals surface area contributed by atoms with Crippen LogP contribution in [0.3, 0.4) is 0 Å². The highest BCUT2D eigenvalue weighted by molar-refractivity contribution is 5.83. The molecule has 17 heavy (non-hydrogen) atoms. The lowest BCUT2D eigenvalue weighted by molar-refractivity contribution is 1.36. The van der Waals surface area contributed by atoms with Gasteiger partial charge >= 0.3 is 0 Å². The fraction of sp³-hybridized carbons (Fsp3) is 0.125. The molecule has 0 saturated heterocycles. The molecular formula is C16H15N. The Morgan fingerprint density at radius 2 is 1.94 bits per heavy atom. The quantitative estimate of drug-likeness (QED) is 0.599. The molecule has 0 radical (unpaired) electrons.